The van der Waals surface area contributed by atoms with Gasteiger partial charge in [0.25, 0.3) is 5.91 Å². The van der Waals surface area contributed by atoms with Gasteiger partial charge in [-0.3, -0.25) is 4.79 Å². The molecule has 0 aliphatic heterocycles. The number of hydrogen-bond donors (Lipinski definition) is 2. The second kappa shape index (κ2) is 9.09. The van der Waals surface area contributed by atoms with Crippen molar-refractivity contribution >= 4 is 11.7 Å². The van der Waals surface area contributed by atoms with Crippen molar-refractivity contribution in [1.29, 1.82) is 0 Å². The Kier molecular flexibility index (Phi) is 7.06. The van der Waals surface area contributed by atoms with Gasteiger partial charge >= 0.3 is 6.18 Å². The van der Waals surface area contributed by atoms with Gasteiger partial charge in [0.05, 0.1) is 23.9 Å². The van der Waals surface area contributed by atoms with Crippen LogP contribution in [0.4, 0.5) is 19.0 Å². The number of carbonyl (C=O) groups is 1. The van der Waals surface area contributed by atoms with Crippen LogP contribution in [0.1, 0.15) is 59.9 Å². The second-order valence-corrected chi connectivity index (χ2v) is 6.53. The molecule has 9 heteroatoms. The summed E-state index contributed by atoms with van der Waals surface area (Å²) in [6.45, 7) is 4.77. The lowest BCUT2D eigenvalue weighted by Gasteiger charge is -2.15. The van der Waals surface area contributed by atoms with Gasteiger partial charge < -0.3 is 16.2 Å². The van der Waals surface area contributed by atoms with Crippen molar-refractivity contribution in [3.05, 3.63) is 46.6 Å². The Labute approximate surface area is 161 Å². The number of hydrogen-bond acceptors (Lipinski definition) is 4. The lowest BCUT2D eigenvalue weighted by molar-refractivity contribution is -0.137. The number of primary amides is 1. The first-order valence-corrected chi connectivity index (χ1v) is 9.08. The minimum atomic E-state index is -4.41. The average molecular weight is 398 g/mol. The molecule has 0 fully saturated rings. The van der Waals surface area contributed by atoms with Gasteiger partial charge in [-0.05, 0) is 31.0 Å². The summed E-state index contributed by atoms with van der Waals surface area (Å²) in [6.07, 6.45) is -2.10. The third kappa shape index (κ3) is 5.03. The molecular weight excluding hydrogens is 373 g/mol. The van der Waals surface area contributed by atoms with Gasteiger partial charge in [-0.1, -0.05) is 25.5 Å². The van der Waals surface area contributed by atoms with E-state index in [1.54, 1.807) is 6.92 Å². The molecule has 1 atom stereocenters. The number of alkyl halides is 3. The van der Waals surface area contributed by atoms with Crippen LogP contribution in [0, 0.1) is 0 Å². The second-order valence-electron chi connectivity index (χ2n) is 6.53. The number of rotatable bonds is 9. The highest BCUT2D eigenvalue weighted by atomic mass is 19.4. The average Bonchev–Trinajstić information content (AvgIpc) is 2.96. The minimum absolute atomic E-state index is 0.0865. The smallest absolute Gasteiger partial charge is 0.383 e. The molecular formula is C19H25F3N4O2. The maximum Gasteiger partial charge on any atom is 0.416 e. The molecule has 0 saturated carbocycles. The SMILES string of the molecule is CCCCOCCc1nn(C(C)c2ccc(C(F)(F)F)cc2)c(N)c1C(N)=O. The highest BCUT2D eigenvalue weighted by Gasteiger charge is 2.30. The molecule has 154 valence electrons. The van der Waals surface area contributed by atoms with E-state index in [0.717, 1.165) is 25.0 Å². The predicted molar refractivity (Wildman–Crippen MR) is 99.8 cm³/mol. The number of anilines is 1. The molecule has 0 spiro atoms. The van der Waals surface area contributed by atoms with Crippen molar-refractivity contribution < 1.29 is 22.7 Å². The molecule has 6 nitrogen and oxygen atoms in total. The van der Waals surface area contributed by atoms with Gasteiger partial charge in [0.1, 0.15) is 11.4 Å². The molecule has 1 amide bonds. The zero-order valence-corrected chi connectivity index (χ0v) is 15.9. The van der Waals surface area contributed by atoms with Crippen molar-refractivity contribution in [3.8, 4) is 0 Å². The third-order valence-electron chi connectivity index (χ3n) is 4.48. The van der Waals surface area contributed by atoms with E-state index in [-0.39, 0.29) is 11.4 Å². The zero-order chi connectivity index (χ0) is 20.9. The van der Waals surface area contributed by atoms with Gasteiger partial charge in [0, 0.05) is 13.0 Å². The van der Waals surface area contributed by atoms with Gasteiger partial charge in [0.2, 0.25) is 0 Å². The van der Waals surface area contributed by atoms with Gasteiger partial charge in [-0.25, -0.2) is 4.68 Å². The maximum absolute atomic E-state index is 12.7. The lowest BCUT2D eigenvalue weighted by Crippen LogP contribution is -2.17. The van der Waals surface area contributed by atoms with E-state index in [1.807, 2.05) is 0 Å². The Hall–Kier alpha value is -2.55. The van der Waals surface area contributed by atoms with E-state index in [2.05, 4.69) is 12.0 Å². The lowest BCUT2D eigenvalue weighted by atomic mass is 10.1. The molecule has 1 aromatic heterocycles. The van der Waals surface area contributed by atoms with E-state index in [4.69, 9.17) is 16.2 Å². The number of nitrogen functional groups attached to an aromatic ring is 1. The van der Waals surface area contributed by atoms with Crippen LogP contribution >= 0.6 is 0 Å². The maximum atomic E-state index is 12.7. The van der Waals surface area contributed by atoms with Gasteiger partial charge in [-0.2, -0.15) is 18.3 Å². The molecule has 0 aliphatic rings. The Balaban J connectivity index is 2.24. The van der Waals surface area contributed by atoms with Crippen LogP contribution in [-0.2, 0) is 17.3 Å². The Morgan fingerprint density at radius 2 is 1.89 bits per heavy atom. The van der Waals surface area contributed by atoms with Crippen molar-refractivity contribution in [2.45, 2.75) is 45.3 Å². The number of nitrogens with zero attached hydrogens (tertiary/aromatic N) is 2. The quantitative estimate of drug-likeness (QED) is 0.632. The Morgan fingerprint density at radius 1 is 1.25 bits per heavy atom. The van der Waals surface area contributed by atoms with Crippen LogP contribution in [-0.4, -0.2) is 28.9 Å². The molecule has 1 unspecified atom stereocenters. The fourth-order valence-corrected chi connectivity index (χ4v) is 2.84. The van der Waals surface area contributed by atoms with Gasteiger partial charge in [-0.15, -0.1) is 0 Å². The van der Waals surface area contributed by atoms with Crippen molar-refractivity contribution in [2.75, 3.05) is 18.9 Å². The number of carbonyl (C=O) groups excluding carboxylic acids is 1. The number of benzene rings is 1. The van der Waals surface area contributed by atoms with Crippen molar-refractivity contribution in [1.82, 2.24) is 9.78 Å². The Morgan fingerprint density at radius 3 is 2.43 bits per heavy atom. The molecule has 1 heterocycles. The summed E-state index contributed by atoms with van der Waals surface area (Å²) in [6, 6.07) is 4.26. The summed E-state index contributed by atoms with van der Waals surface area (Å²) >= 11 is 0. The molecule has 4 N–H and O–H groups in total. The third-order valence-corrected chi connectivity index (χ3v) is 4.48. The Bertz CT molecular complexity index is 801. The first-order chi connectivity index (χ1) is 13.2. The van der Waals surface area contributed by atoms with Crippen molar-refractivity contribution in [2.24, 2.45) is 5.73 Å². The minimum Gasteiger partial charge on any atom is -0.383 e. The van der Waals surface area contributed by atoms with E-state index >= 15 is 0 Å². The summed E-state index contributed by atoms with van der Waals surface area (Å²) < 4.78 is 45.2. The molecule has 2 aromatic rings. The number of unbranched alkanes of at least 4 members (excludes halogenated alkanes) is 1. The summed E-state index contributed by atoms with van der Waals surface area (Å²) in [5, 5.41) is 4.38. The van der Waals surface area contributed by atoms with Crippen LogP contribution in [0.2, 0.25) is 0 Å². The highest BCUT2D eigenvalue weighted by Crippen LogP contribution is 2.31. The number of ether oxygens (including phenoxy) is 1. The molecule has 0 aliphatic carbocycles. The summed E-state index contributed by atoms with van der Waals surface area (Å²) in [5.74, 6) is -0.615. The molecule has 0 saturated heterocycles. The van der Waals surface area contributed by atoms with Crippen molar-refractivity contribution in [3.63, 3.8) is 0 Å². The largest absolute Gasteiger partial charge is 0.416 e. The fraction of sp³-hybridized carbons (Fsp3) is 0.474. The zero-order valence-electron chi connectivity index (χ0n) is 15.9. The van der Waals surface area contributed by atoms with E-state index < -0.39 is 23.7 Å². The topological polar surface area (TPSA) is 96.2 Å². The monoisotopic (exact) mass is 398 g/mol. The first-order valence-electron chi connectivity index (χ1n) is 9.08. The standard InChI is InChI=1S/C19H25F3N4O2/c1-3-4-10-28-11-9-15-16(18(24)27)17(23)26(25-15)12(2)13-5-7-14(8-6-13)19(20,21)22/h5-8,12H,3-4,9-11,23H2,1-2H3,(H2,24,27). The number of halogens is 3. The molecule has 2 rings (SSSR count). The van der Waals surface area contributed by atoms with Gasteiger partial charge in [0.15, 0.2) is 0 Å². The van der Waals surface area contributed by atoms with Crippen LogP contribution in [0.5, 0.6) is 0 Å². The van der Waals surface area contributed by atoms with E-state index in [9.17, 15) is 18.0 Å². The molecule has 0 bridgehead atoms. The summed E-state index contributed by atoms with van der Waals surface area (Å²) in [4.78, 5) is 11.8. The normalized spacial score (nSPS) is 12.9. The van der Waals surface area contributed by atoms with Crippen LogP contribution in [0.25, 0.3) is 0 Å². The molecule has 28 heavy (non-hydrogen) atoms. The molecule has 1 aromatic carbocycles. The number of amides is 1. The number of nitrogens with two attached hydrogens (primary N) is 2. The first kappa shape index (κ1) is 21.7. The predicted octanol–water partition coefficient (Wildman–Crippen LogP) is 3.55. The van der Waals surface area contributed by atoms with E-state index in [0.29, 0.717) is 30.9 Å². The van der Waals surface area contributed by atoms with Crippen LogP contribution in [0.15, 0.2) is 24.3 Å². The molecule has 0 radical (unpaired) electrons. The fourth-order valence-electron chi connectivity index (χ4n) is 2.84. The highest BCUT2D eigenvalue weighted by molar-refractivity contribution is 5.98. The summed E-state index contributed by atoms with van der Waals surface area (Å²) in [7, 11) is 0. The number of aromatic nitrogens is 2. The summed E-state index contributed by atoms with van der Waals surface area (Å²) in [5.41, 5.74) is 11.9. The van der Waals surface area contributed by atoms with Crippen LogP contribution < -0.4 is 11.5 Å². The van der Waals surface area contributed by atoms with Crippen LogP contribution in [0.3, 0.4) is 0 Å². The van der Waals surface area contributed by atoms with E-state index in [1.165, 1.54) is 16.8 Å².